The Bertz CT molecular complexity index is 286. The Morgan fingerprint density at radius 1 is 1.18 bits per heavy atom. The van der Waals surface area contributed by atoms with Gasteiger partial charge in [-0.3, -0.25) is 4.79 Å². The smallest absolute Gasteiger partial charge is 0.306 e. The van der Waals surface area contributed by atoms with Gasteiger partial charge < -0.3 is 5.11 Å². The Balaban J connectivity index is 1.64. The molecule has 4 fully saturated rings. The lowest BCUT2D eigenvalue weighted by Crippen LogP contribution is -2.46. The normalized spacial score (nSPS) is 44.9. The topological polar surface area (TPSA) is 37.3 Å². The van der Waals surface area contributed by atoms with Gasteiger partial charge in [-0.05, 0) is 74.5 Å². The largest absolute Gasteiger partial charge is 0.481 e. The average Bonchev–Trinajstić information content (AvgIpc) is 2.24. The van der Waals surface area contributed by atoms with Gasteiger partial charge in [-0.25, -0.2) is 0 Å². The summed E-state index contributed by atoms with van der Waals surface area (Å²) in [5.41, 5.74) is 0.554. The van der Waals surface area contributed by atoms with Crippen molar-refractivity contribution in [1.29, 1.82) is 0 Å². The first-order valence-corrected chi connectivity index (χ1v) is 7.29. The second kappa shape index (κ2) is 4.00. The van der Waals surface area contributed by atoms with Crippen LogP contribution >= 0.6 is 0 Å². The highest BCUT2D eigenvalue weighted by atomic mass is 16.4. The van der Waals surface area contributed by atoms with E-state index in [1.165, 1.54) is 44.9 Å². The minimum Gasteiger partial charge on any atom is -0.481 e. The minimum absolute atomic E-state index is 0.150. The zero-order chi connectivity index (χ0) is 12.0. The number of carboxylic acid groups (broad SMARTS) is 1. The molecule has 4 saturated carbocycles. The van der Waals surface area contributed by atoms with Crippen molar-refractivity contribution in [2.75, 3.05) is 0 Å². The fourth-order valence-corrected chi connectivity index (χ4v) is 5.24. The van der Waals surface area contributed by atoms with Crippen LogP contribution in [0.1, 0.15) is 58.3 Å². The zero-order valence-electron chi connectivity index (χ0n) is 10.8. The fraction of sp³-hybridized carbons (Fsp3) is 0.933. The van der Waals surface area contributed by atoms with Crippen molar-refractivity contribution in [3.63, 3.8) is 0 Å². The third-order valence-corrected chi connectivity index (χ3v) is 5.69. The van der Waals surface area contributed by atoms with E-state index < -0.39 is 5.97 Å². The van der Waals surface area contributed by atoms with Crippen LogP contribution in [0.4, 0.5) is 0 Å². The van der Waals surface area contributed by atoms with Crippen LogP contribution < -0.4 is 0 Å². The van der Waals surface area contributed by atoms with E-state index in [1.54, 1.807) is 0 Å². The molecule has 0 unspecified atom stereocenters. The highest BCUT2D eigenvalue weighted by molar-refractivity contribution is 5.69. The molecule has 0 spiro atoms. The van der Waals surface area contributed by atoms with E-state index in [-0.39, 0.29) is 5.92 Å². The molecule has 0 aromatic heterocycles. The summed E-state index contributed by atoms with van der Waals surface area (Å²) in [5, 5.41) is 8.99. The molecule has 0 amide bonds. The third kappa shape index (κ3) is 2.11. The number of carbonyl (C=O) groups is 1. The predicted octanol–water partition coefficient (Wildman–Crippen LogP) is 3.70. The third-order valence-electron chi connectivity index (χ3n) is 5.69. The van der Waals surface area contributed by atoms with Crippen molar-refractivity contribution >= 4 is 5.97 Å². The number of rotatable bonds is 4. The first-order valence-electron chi connectivity index (χ1n) is 7.29. The monoisotopic (exact) mass is 236 g/mol. The van der Waals surface area contributed by atoms with Gasteiger partial charge in [-0.1, -0.05) is 6.92 Å². The van der Waals surface area contributed by atoms with Gasteiger partial charge in [0.1, 0.15) is 0 Å². The fourth-order valence-electron chi connectivity index (χ4n) is 5.24. The Hall–Kier alpha value is -0.530. The van der Waals surface area contributed by atoms with Crippen molar-refractivity contribution in [3.8, 4) is 0 Å². The first kappa shape index (κ1) is 11.6. The van der Waals surface area contributed by atoms with E-state index in [0.29, 0.717) is 5.41 Å². The number of carboxylic acids is 1. The van der Waals surface area contributed by atoms with Crippen molar-refractivity contribution in [3.05, 3.63) is 0 Å². The van der Waals surface area contributed by atoms with E-state index in [0.717, 1.165) is 24.2 Å². The Kier molecular flexibility index (Phi) is 2.72. The van der Waals surface area contributed by atoms with Crippen LogP contribution in [-0.4, -0.2) is 11.1 Å². The van der Waals surface area contributed by atoms with Gasteiger partial charge in [-0.2, -0.15) is 0 Å². The SMILES string of the molecule is C[C@H](CCC12CC3CC(CC(C3)C1)C2)C(=O)O. The van der Waals surface area contributed by atoms with Gasteiger partial charge in [0.05, 0.1) is 5.92 Å². The van der Waals surface area contributed by atoms with Gasteiger partial charge >= 0.3 is 5.97 Å². The van der Waals surface area contributed by atoms with Crippen molar-refractivity contribution in [2.45, 2.75) is 58.3 Å². The van der Waals surface area contributed by atoms with Crippen LogP contribution in [0.25, 0.3) is 0 Å². The summed E-state index contributed by atoms with van der Waals surface area (Å²) in [6, 6.07) is 0. The summed E-state index contributed by atoms with van der Waals surface area (Å²) in [7, 11) is 0. The highest BCUT2D eigenvalue weighted by Crippen LogP contribution is 2.61. The molecule has 4 aliphatic carbocycles. The summed E-state index contributed by atoms with van der Waals surface area (Å²) in [4.78, 5) is 10.9. The lowest BCUT2D eigenvalue weighted by molar-refractivity contribution is -0.142. The van der Waals surface area contributed by atoms with E-state index >= 15 is 0 Å². The molecule has 2 heteroatoms. The van der Waals surface area contributed by atoms with E-state index in [4.69, 9.17) is 5.11 Å². The molecule has 0 radical (unpaired) electrons. The molecule has 0 heterocycles. The second-order valence-corrected chi connectivity index (χ2v) is 7.20. The van der Waals surface area contributed by atoms with Crippen molar-refractivity contribution in [2.24, 2.45) is 29.1 Å². The zero-order valence-corrected chi connectivity index (χ0v) is 10.8. The number of aliphatic carboxylic acids is 1. The average molecular weight is 236 g/mol. The maximum Gasteiger partial charge on any atom is 0.306 e. The van der Waals surface area contributed by atoms with Crippen LogP contribution in [0.3, 0.4) is 0 Å². The molecule has 1 atom stereocenters. The van der Waals surface area contributed by atoms with Crippen molar-refractivity contribution in [1.82, 2.24) is 0 Å². The maximum atomic E-state index is 10.9. The van der Waals surface area contributed by atoms with Gasteiger partial charge in [0.25, 0.3) is 0 Å². The standard InChI is InChI=1S/C15H24O2/c1-10(14(16)17)2-3-15-7-11-4-12(8-15)6-13(5-11)9-15/h10-13H,2-9H2,1H3,(H,16,17)/t10-,11?,12?,13?,15?/m1/s1. The lowest BCUT2D eigenvalue weighted by atomic mass is 9.48. The summed E-state index contributed by atoms with van der Waals surface area (Å²) in [5.74, 6) is 2.20. The molecule has 0 aromatic rings. The Morgan fingerprint density at radius 2 is 1.65 bits per heavy atom. The lowest BCUT2D eigenvalue weighted by Gasteiger charge is -2.57. The predicted molar refractivity (Wildman–Crippen MR) is 66.6 cm³/mol. The van der Waals surface area contributed by atoms with Gasteiger partial charge in [-0.15, -0.1) is 0 Å². The number of hydrogen-bond donors (Lipinski definition) is 1. The molecule has 2 nitrogen and oxygen atoms in total. The molecule has 17 heavy (non-hydrogen) atoms. The molecule has 1 N–H and O–H groups in total. The van der Waals surface area contributed by atoms with Crippen LogP contribution in [0.5, 0.6) is 0 Å². The summed E-state index contributed by atoms with van der Waals surface area (Å²) in [6.07, 6.45) is 10.7. The van der Waals surface area contributed by atoms with Crippen molar-refractivity contribution < 1.29 is 9.90 Å². The van der Waals surface area contributed by atoms with Gasteiger partial charge in [0, 0.05) is 0 Å². The molecular weight excluding hydrogens is 212 g/mol. The maximum absolute atomic E-state index is 10.9. The van der Waals surface area contributed by atoms with Gasteiger partial charge in [0.15, 0.2) is 0 Å². The molecular formula is C15H24O2. The van der Waals surface area contributed by atoms with Crippen LogP contribution in [0.15, 0.2) is 0 Å². The Labute approximate surface area is 104 Å². The Morgan fingerprint density at radius 3 is 2.06 bits per heavy atom. The van der Waals surface area contributed by atoms with Crippen LogP contribution in [0, 0.1) is 29.1 Å². The molecule has 0 aromatic carbocycles. The highest BCUT2D eigenvalue weighted by Gasteiger charge is 2.50. The minimum atomic E-state index is -0.616. The van der Waals surface area contributed by atoms with E-state index in [1.807, 2.05) is 6.92 Å². The summed E-state index contributed by atoms with van der Waals surface area (Å²) >= 11 is 0. The van der Waals surface area contributed by atoms with Gasteiger partial charge in [0.2, 0.25) is 0 Å². The molecule has 0 aliphatic heterocycles. The first-order chi connectivity index (χ1) is 8.06. The molecule has 4 bridgehead atoms. The second-order valence-electron chi connectivity index (χ2n) is 7.20. The summed E-state index contributed by atoms with van der Waals surface area (Å²) in [6.45, 7) is 1.86. The quantitative estimate of drug-likeness (QED) is 0.808. The van der Waals surface area contributed by atoms with Crippen LogP contribution in [-0.2, 0) is 4.79 Å². The molecule has 96 valence electrons. The van der Waals surface area contributed by atoms with E-state index in [2.05, 4.69) is 0 Å². The summed E-state index contributed by atoms with van der Waals surface area (Å²) < 4.78 is 0. The molecule has 0 saturated heterocycles. The molecule has 4 aliphatic rings. The van der Waals surface area contributed by atoms with Crippen LogP contribution in [0.2, 0.25) is 0 Å². The number of hydrogen-bond acceptors (Lipinski definition) is 1. The molecule has 4 rings (SSSR count). The van der Waals surface area contributed by atoms with E-state index in [9.17, 15) is 4.79 Å².